The Balaban J connectivity index is 1.41. The summed E-state index contributed by atoms with van der Waals surface area (Å²) in [5.41, 5.74) is 3.48. The van der Waals surface area contributed by atoms with E-state index in [1.54, 1.807) is 37.5 Å². The minimum atomic E-state index is -0.253. The SMILES string of the molecule is Cc1nc(COc2ccccc2C(=O)Nc2ccc(Cc3ccncc3)cc2)no1. The smallest absolute Gasteiger partial charge is 0.259 e. The van der Waals surface area contributed by atoms with Crippen molar-refractivity contribution in [3.05, 3.63) is 101 Å². The van der Waals surface area contributed by atoms with Crippen LogP contribution in [0.2, 0.25) is 0 Å². The number of nitrogens with one attached hydrogen (secondary N) is 1. The summed E-state index contributed by atoms with van der Waals surface area (Å²) < 4.78 is 10.7. The van der Waals surface area contributed by atoms with Gasteiger partial charge in [0.15, 0.2) is 6.61 Å². The number of rotatable bonds is 7. The van der Waals surface area contributed by atoms with Crippen LogP contribution in [0.3, 0.4) is 0 Å². The molecule has 0 unspecified atom stereocenters. The van der Waals surface area contributed by atoms with E-state index in [0.717, 1.165) is 12.0 Å². The number of hydrogen-bond donors (Lipinski definition) is 1. The lowest BCUT2D eigenvalue weighted by molar-refractivity contribution is 0.102. The molecule has 0 saturated carbocycles. The molecule has 0 bridgehead atoms. The summed E-state index contributed by atoms with van der Waals surface area (Å²) in [5, 5.41) is 6.71. The van der Waals surface area contributed by atoms with Gasteiger partial charge in [0.05, 0.1) is 5.56 Å². The van der Waals surface area contributed by atoms with Crippen molar-refractivity contribution in [1.82, 2.24) is 15.1 Å². The number of anilines is 1. The van der Waals surface area contributed by atoms with Gasteiger partial charge in [-0.25, -0.2) is 0 Å². The number of aryl methyl sites for hydroxylation is 1. The molecule has 0 radical (unpaired) electrons. The molecule has 1 amide bonds. The highest BCUT2D eigenvalue weighted by molar-refractivity contribution is 6.06. The maximum Gasteiger partial charge on any atom is 0.259 e. The number of aromatic nitrogens is 3. The molecule has 0 saturated heterocycles. The minimum absolute atomic E-state index is 0.116. The van der Waals surface area contributed by atoms with E-state index in [2.05, 4.69) is 20.4 Å². The van der Waals surface area contributed by atoms with E-state index in [1.807, 2.05) is 42.5 Å². The van der Waals surface area contributed by atoms with Crippen LogP contribution in [0.15, 0.2) is 77.6 Å². The summed E-state index contributed by atoms with van der Waals surface area (Å²) in [6.45, 7) is 1.82. The second kappa shape index (κ2) is 9.00. The second-order valence-corrected chi connectivity index (χ2v) is 6.70. The third-order valence-electron chi connectivity index (χ3n) is 4.43. The van der Waals surface area contributed by atoms with Gasteiger partial charge in [-0.3, -0.25) is 9.78 Å². The van der Waals surface area contributed by atoms with Crippen LogP contribution in [0.1, 0.15) is 33.2 Å². The number of hydrogen-bond acceptors (Lipinski definition) is 6. The molecule has 7 nitrogen and oxygen atoms in total. The molecule has 30 heavy (non-hydrogen) atoms. The number of carbonyl (C=O) groups excluding carboxylic acids is 1. The molecule has 0 aliphatic rings. The predicted molar refractivity (Wildman–Crippen MR) is 111 cm³/mol. The van der Waals surface area contributed by atoms with Gasteiger partial charge in [0.1, 0.15) is 5.75 Å². The first-order valence-corrected chi connectivity index (χ1v) is 9.47. The van der Waals surface area contributed by atoms with E-state index in [1.165, 1.54) is 5.56 Å². The molecule has 4 aromatic rings. The first-order valence-electron chi connectivity index (χ1n) is 9.47. The topological polar surface area (TPSA) is 90.1 Å². The van der Waals surface area contributed by atoms with Crippen LogP contribution in [0.4, 0.5) is 5.69 Å². The van der Waals surface area contributed by atoms with Crippen molar-refractivity contribution < 1.29 is 14.1 Å². The Hall–Kier alpha value is -4.00. The van der Waals surface area contributed by atoms with Gasteiger partial charge in [-0.15, -0.1) is 0 Å². The highest BCUT2D eigenvalue weighted by Crippen LogP contribution is 2.21. The summed E-state index contributed by atoms with van der Waals surface area (Å²) in [7, 11) is 0. The zero-order chi connectivity index (χ0) is 20.8. The Morgan fingerprint density at radius 1 is 1.00 bits per heavy atom. The molecule has 0 spiro atoms. The number of benzene rings is 2. The quantitative estimate of drug-likeness (QED) is 0.500. The van der Waals surface area contributed by atoms with Crippen molar-refractivity contribution in [2.45, 2.75) is 20.0 Å². The van der Waals surface area contributed by atoms with E-state index in [4.69, 9.17) is 9.26 Å². The molecule has 2 heterocycles. The van der Waals surface area contributed by atoms with Gasteiger partial charge >= 0.3 is 0 Å². The first kappa shape index (κ1) is 19.3. The van der Waals surface area contributed by atoms with E-state index >= 15 is 0 Å². The van der Waals surface area contributed by atoms with Crippen LogP contribution in [0, 0.1) is 6.92 Å². The Labute approximate surface area is 173 Å². The Morgan fingerprint density at radius 2 is 1.73 bits per heavy atom. The number of amides is 1. The maximum absolute atomic E-state index is 12.8. The van der Waals surface area contributed by atoms with Gasteiger partial charge in [0, 0.05) is 25.0 Å². The van der Waals surface area contributed by atoms with Gasteiger partial charge < -0.3 is 14.6 Å². The fraction of sp³-hybridized carbons (Fsp3) is 0.130. The first-order chi connectivity index (χ1) is 14.7. The number of nitrogens with zero attached hydrogens (tertiary/aromatic N) is 3. The van der Waals surface area contributed by atoms with Crippen LogP contribution in [0.5, 0.6) is 5.75 Å². The van der Waals surface area contributed by atoms with Crippen molar-refractivity contribution >= 4 is 11.6 Å². The number of para-hydroxylation sites is 1. The third kappa shape index (κ3) is 4.88. The second-order valence-electron chi connectivity index (χ2n) is 6.70. The van der Waals surface area contributed by atoms with Crippen LogP contribution in [-0.2, 0) is 13.0 Å². The molecule has 0 fully saturated rings. The molecule has 0 atom stereocenters. The summed E-state index contributed by atoms with van der Waals surface area (Å²) in [6, 6.07) is 18.8. The number of carbonyl (C=O) groups is 1. The normalized spacial score (nSPS) is 10.6. The lowest BCUT2D eigenvalue weighted by Crippen LogP contribution is -2.13. The maximum atomic E-state index is 12.8. The van der Waals surface area contributed by atoms with Gasteiger partial charge in [-0.2, -0.15) is 4.98 Å². The van der Waals surface area contributed by atoms with Crippen molar-refractivity contribution in [2.24, 2.45) is 0 Å². The van der Waals surface area contributed by atoms with E-state index in [0.29, 0.717) is 28.7 Å². The molecule has 2 aromatic heterocycles. The molecule has 1 N–H and O–H groups in total. The average Bonchev–Trinajstić information content (AvgIpc) is 3.20. The highest BCUT2D eigenvalue weighted by Gasteiger charge is 2.13. The monoisotopic (exact) mass is 400 g/mol. The van der Waals surface area contributed by atoms with Crippen molar-refractivity contribution in [2.75, 3.05) is 5.32 Å². The highest BCUT2D eigenvalue weighted by atomic mass is 16.5. The van der Waals surface area contributed by atoms with E-state index < -0.39 is 0 Å². The fourth-order valence-electron chi connectivity index (χ4n) is 2.96. The molecular formula is C23H20N4O3. The lowest BCUT2D eigenvalue weighted by Gasteiger charge is -2.11. The summed E-state index contributed by atoms with van der Waals surface area (Å²) in [6.07, 6.45) is 4.37. The number of ether oxygens (including phenoxy) is 1. The van der Waals surface area contributed by atoms with Gasteiger partial charge in [0.25, 0.3) is 5.91 Å². The molecule has 0 aliphatic carbocycles. The predicted octanol–water partition coefficient (Wildman–Crippen LogP) is 4.20. The van der Waals surface area contributed by atoms with Gasteiger partial charge in [0.2, 0.25) is 11.7 Å². The molecule has 0 aliphatic heterocycles. The third-order valence-corrected chi connectivity index (χ3v) is 4.43. The van der Waals surface area contributed by atoms with Crippen LogP contribution < -0.4 is 10.1 Å². The van der Waals surface area contributed by atoms with E-state index in [9.17, 15) is 4.79 Å². The van der Waals surface area contributed by atoms with Crippen molar-refractivity contribution in [3.63, 3.8) is 0 Å². The van der Waals surface area contributed by atoms with Gasteiger partial charge in [-0.05, 0) is 53.9 Å². The van der Waals surface area contributed by atoms with Crippen LogP contribution in [0.25, 0.3) is 0 Å². The summed E-state index contributed by atoms with van der Waals surface area (Å²) in [5.74, 6) is 1.09. The lowest BCUT2D eigenvalue weighted by atomic mass is 10.1. The average molecular weight is 400 g/mol. The molecule has 7 heteroatoms. The molecule has 4 rings (SSSR count). The molecule has 2 aromatic carbocycles. The summed E-state index contributed by atoms with van der Waals surface area (Å²) in [4.78, 5) is 20.9. The number of pyridine rings is 1. The zero-order valence-corrected chi connectivity index (χ0v) is 16.4. The molecule has 150 valence electrons. The fourth-order valence-corrected chi connectivity index (χ4v) is 2.96. The Morgan fingerprint density at radius 3 is 2.47 bits per heavy atom. The van der Waals surface area contributed by atoms with Crippen molar-refractivity contribution in [3.8, 4) is 5.75 Å². The summed E-state index contributed by atoms with van der Waals surface area (Å²) >= 11 is 0. The van der Waals surface area contributed by atoms with Crippen molar-refractivity contribution in [1.29, 1.82) is 0 Å². The van der Waals surface area contributed by atoms with Crippen LogP contribution in [-0.4, -0.2) is 21.0 Å². The molecular weight excluding hydrogens is 380 g/mol. The largest absolute Gasteiger partial charge is 0.485 e. The Bertz CT molecular complexity index is 1120. The zero-order valence-electron chi connectivity index (χ0n) is 16.4. The standard InChI is InChI=1S/C23H20N4O3/c1-16-25-22(27-30-16)15-29-21-5-3-2-4-20(21)23(28)26-19-8-6-17(7-9-19)14-18-10-12-24-13-11-18/h2-13H,14-15H2,1H3,(H,26,28). The van der Waals surface area contributed by atoms with Crippen LogP contribution >= 0.6 is 0 Å². The van der Waals surface area contributed by atoms with E-state index in [-0.39, 0.29) is 12.5 Å². The van der Waals surface area contributed by atoms with Gasteiger partial charge in [-0.1, -0.05) is 29.4 Å². The Kier molecular flexibility index (Phi) is 5.80. The minimum Gasteiger partial charge on any atom is -0.485 e.